The Bertz CT molecular complexity index is 1520. The van der Waals surface area contributed by atoms with Crippen LogP contribution in [0.1, 0.15) is 53.9 Å². The van der Waals surface area contributed by atoms with Crippen molar-refractivity contribution in [1.29, 1.82) is 0 Å². The zero-order valence-corrected chi connectivity index (χ0v) is 22.8. The summed E-state index contributed by atoms with van der Waals surface area (Å²) in [5, 5.41) is 13.7. The summed E-state index contributed by atoms with van der Waals surface area (Å²) in [5.41, 5.74) is 4.46. The van der Waals surface area contributed by atoms with Crippen molar-refractivity contribution in [3.05, 3.63) is 80.9 Å². The number of hydrogen-bond acceptors (Lipinski definition) is 8. The molecule has 4 aromatic rings. The Morgan fingerprint density at radius 1 is 1.10 bits per heavy atom. The lowest BCUT2D eigenvalue weighted by atomic mass is 9.93. The minimum atomic E-state index is -0.490. The van der Waals surface area contributed by atoms with Crippen LogP contribution in [0.5, 0.6) is 5.75 Å². The van der Waals surface area contributed by atoms with Crippen molar-refractivity contribution in [2.24, 2.45) is 5.92 Å². The number of pyridine rings is 1. The number of nitrogens with one attached hydrogen (secondary N) is 1. The van der Waals surface area contributed by atoms with Crippen LogP contribution in [0.2, 0.25) is 0 Å². The lowest BCUT2D eigenvalue weighted by Gasteiger charge is -2.36. The molecule has 1 N–H and O–H groups in total. The minimum absolute atomic E-state index is 0.155. The van der Waals surface area contributed by atoms with Gasteiger partial charge in [0.2, 0.25) is 0 Å². The Morgan fingerprint density at radius 3 is 2.51 bits per heavy atom. The molecule has 1 aliphatic heterocycles. The number of esters is 1. The molecule has 1 atom stereocenters. The zero-order valence-electron chi connectivity index (χ0n) is 22.8. The number of fused-ring (bicyclic) bond motifs is 1. The zero-order chi connectivity index (χ0) is 27.5. The number of aromatic amines is 1. The van der Waals surface area contributed by atoms with E-state index in [2.05, 4.69) is 38.4 Å². The number of likely N-dealkylation sites (tertiary alicyclic amines) is 1. The molecule has 1 aliphatic rings. The second kappa shape index (κ2) is 11.4. The molecule has 3 heterocycles. The van der Waals surface area contributed by atoms with Gasteiger partial charge >= 0.3 is 5.97 Å². The third kappa shape index (κ3) is 5.56. The number of aryl methyl sites for hydroxylation is 2. The lowest BCUT2D eigenvalue weighted by molar-refractivity contribution is -0.149. The highest BCUT2D eigenvalue weighted by molar-refractivity contribution is 5.81. The molecule has 0 radical (unpaired) electrons. The molecule has 204 valence electrons. The molecule has 5 rings (SSSR count). The van der Waals surface area contributed by atoms with Crippen LogP contribution in [-0.2, 0) is 16.1 Å². The summed E-state index contributed by atoms with van der Waals surface area (Å²) in [7, 11) is 1.63. The van der Waals surface area contributed by atoms with E-state index in [0.29, 0.717) is 50.5 Å². The predicted octanol–water partition coefficient (Wildman–Crippen LogP) is 3.55. The molecule has 0 bridgehead atoms. The van der Waals surface area contributed by atoms with Crippen LogP contribution in [0.3, 0.4) is 0 Å². The Balaban J connectivity index is 1.54. The number of methoxy groups -OCH3 is 1. The normalized spacial score (nSPS) is 15.4. The number of nitrogens with zero attached hydrogens (tertiary/aromatic N) is 5. The van der Waals surface area contributed by atoms with Gasteiger partial charge in [-0.15, -0.1) is 5.10 Å². The van der Waals surface area contributed by atoms with Gasteiger partial charge in [-0.05, 0) is 96.4 Å². The van der Waals surface area contributed by atoms with Gasteiger partial charge < -0.3 is 14.5 Å². The van der Waals surface area contributed by atoms with Crippen LogP contribution < -0.4 is 10.3 Å². The maximum Gasteiger partial charge on any atom is 0.309 e. The minimum Gasteiger partial charge on any atom is -0.497 e. The lowest BCUT2D eigenvalue weighted by Crippen LogP contribution is -2.42. The summed E-state index contributed by atoms with van der Waals surface area (Å²) in [4.78, 5) is 31.2. The van der Waals surface area contributed by atoms with Gasteiger partial charge in [-0.3, -0.25) is 14.5 Å². The largest absolute Gasteiger partial charge is 0.497 e. The molecular formula is C29H34N6O4. The van der Waals surface area contributed by atoms with Gasteiger partial charge in [-0.25, -0.2) is 4.68 Å². The predicted molar refractivity (Wildman–Crippen MR) is 147 cm³/mol. The highest BCUT2D eigenvalue weighted by atomic mass is 16.5. The van der Waals surface area contributed by atoms with Crippen molar-refractivity contribution < 1.29 is 14.3 Å². The number of carbonyl (C=O) groups excluding carboxylic acids is 1. The van der Waals surface area contributed by atoms with Crippen LogP contribution in [0.25, 0.3) is 10.9 Å². The van der Waals surface area contributed by atoms with E-state index in [1.807, 2.05) is 50.2 Å². The number of rotatable bonds is 8. The van der Waals surface area contributed by atoms with Crippen LogP contribution in [0, 0.1) is 19.8 Å². The first kappa shape index (κ1) is 26.6. The molecule has 0 saturated carbocycles. The number of hydrogen-bond donors (Lipinski definition) is 1. The summed E-state index contributed by atoms with van der Waals surface area (Å²) in [5.74, 6) is 1.03. The number of tetrazole rings is 1. The van der Waals surface area contributed by atoms with Gasteiger partial charge in [0, 0.05) is 24.2 Å². The first-order chi connectivity index (χ1) is 18.9. The molecule has 1 saturated heterocycles. The van der Waals surface area contributed by atoms with Gasteiger partial charge in [-0.1, -0.05) is 12.1 Å². The van der Waals surface area contributed by atoms with Crippen molar-refractivity contribution in [2.75, 3.05) is 26.8 Å². The Labute approximate surface area is 226 Å². The van der Waals surface area contributed by atoms with Crippen molar-refractivity contribution in [2.45, 2.75) is 46.2 Å². The molecule has 0 aliphatic carbocycles. The van der Waals surface area contributed by atoms with E-state index in [9.17, 15) is 9.59 Å². The van der Waals surface area contributed by atoms with E-state index in [1.165, 1.54) is 0 Å². The number of benzene rings is 2. The third-order valence-electron chi connectivity index (χ3n) is 7.59. The fraction of sp³-hybridized carbons (Fsp3) is 0.414. The molecular weight excluding hydrogens is 496 g/mol. The first-order valence-corrected chi connectivity index (χ1v) is 13.3. The van der Waals surface area contributed by atoms with Crippen LogP contribution in [0.4, 0.5) is 0 Å². The molecule has 0 unspecified atom stereocenters. The van der Waals surface area contributed by atoms with E-state index < -0.39 is 6.04 Å². The monoisotopic (exact) mass is 530 g/mol. The number of aromatic nitrogens is 5. The Kier molecular flexibility index (Phi) is 7.74. The standard InChI is InChI=1S/C29H34N6O4/c1-5-39-29(37)21-10-12-34(13-11-21)26(24-16-22-14-18(2)19(3)15-25(22)30-28(24)36)27-31-32-33-35(27)17-20-6-8-23(38-4)9-7-20/h6-9,14-16,21,26H,5,10-13,17H2,1-4H3,(H,30,36)/t26-/m1/s1. The molecule has 10 heteroatoms. The molecule has 0 spiro atoms. The highest BCUT2D eigenvalue weighted by Gasteiger charge is 2.35. The maximum absolute atomic E-state index is 13.6. The SMILES string of the molecule is CCOC(=O)C1CCN([C@H](c2cc3cc(C)c(C)cc3[nH]c2=O)c2nnnn2Cc2ccc(OC)cc2)CC1. The Morgan fingerprint density at radius 2 is 1.82 bits per heavy atom. The van der Waals surface area contributed by atoms with Gasteiger partial charge in [0.15, 0.2) is 5.82 Å². The molecule has 0 amide bonds. The van der Waals surface area contributed by atoms with Crippen LogP contribution >= 0.6 is 0 Å². The van der Waals surface area contributed by atoms with Gasteiger partial charge in [0.1, 0.15) is 11.8 Å². The maximum atomic E-state index is 13.6. The number of piperidine rings is 1. The average Bonchev–Trinajstić information content (AvgIpc) is 3.38. The van der Waals surface area contributed by atoms with Crippen LogP contribution in [0.15, 0.2) is 47.3 Å². The first-order valence-electron chi connectivity index (χ1n) is 13.3. The summed E-state index contributed by atoms with van der Waals surface area (Å²) in [6.07, 6.45) is 1.28. The third-order valence-corrected chi connectivity index (χ3v) is 7.59. The molecule has 10 nitrogen and oxygen atoms in total. The van der Waals surface area contributed by atoms with Gasteiger partial charge in [0.05, 0.1) is 26.2 Å². The second-order valence-electron chi connectivity index (χ2n) is 10.1. The van der Waals surface area contributed by atoms with Crippen LogP contribution in [-0.4, -0.2) is 62.9 Å². The molecule has 1 fully saturated rings. The van der Waals surface area contributed by atoms with Crippen molar-refractivity contribution in [1.82, 2.24) is 30.1 Å². The van der Waals surface area contributed by atoms with Gasteiger partial charge in [-0.2, -0.15) is 0 Å². The summed E-state index contributed by atoms with van der Waals surface area (Å²) < 4.78 is 12.3. The summed E-state index contributed by atoms with van der Waals surface area (Å²) >= 11 is 0. The van der Waals surface area contributed by atoms with Crippen molar-refractivity contribution in [3.8, 4) is 5.75 Å². The highest BCUT2D eigenvalue weighted by Crippen LogP contribution is 2.32. The van der Waals surface area contributed by atoms with E-state index >= 15 is 0 Å². The molecule has 39 heavy (non-hydrogen) atoms. The van der Waals surface area contributed by atoms with E-state index in [4.69, 9.17) is 9.47 Å². The smallest absolute Gasteiger partial charge is 0.309 e. The van der Waals surface area contributed by atoms with Gasteiger partial charge in [0.25, 0.3) is 5.56 Å². The summed E-state index contributed by atoms with van der Waals surface area (Å²) in [6, 6.07) is 13.3. The van der Waals surface area contributed by atoms with Crippen molar-refractivity contribution in [3.63, 3.8) is 0 Å². The molecule has 2 aromatic carbocycles. The average molecular weight is 531 g/mol. The van der Waals surface area contributed by atoms with E-state index in [0.717, 1.165) is 33.3 Å². The fourth-order valence-electron chi connectivity index (χ4n) is 5.27. The number of ether oxygens (including phenoxy) is 2. The van der Waals surface area contributed by atoms with E-state index in [1.54, 1.807) is 11.8 Å². The van der Waals surface area contributed by atoms with Crippen molar-refractivity contribution >= 4 is 16.9 Å². The quantitative estimate of drug-likeness (QED) is 0.344. The number of H-pyrrole nitrogens is 1. The number of carbonyl (C=O) groups is 1. The topological polar surface area (TPSA) is 115 Å². The second-order valence-corrected chi connectivity index (χ2v) is 10.1. The fourth-order valence-corrected chi connectivity index (χ4v) is 5.27. The molecule has 2 aromatic heterocycles. The summed E-state index contributed by atoms with van der Waals surface area (Å²) in [6.45, 7) is 7.93. The Hall–Kier alpha value is -4.05. The van der Waals surface area contributed by atoms with E-state index in [-0.39, 0.29) is 17.4 Å².